The van der Waals surface area contributed by atoms with Gasteiger partial charge in [0.1, 0.15) is 5.69 Å². The van der Waals surface area contributed by atoms with Crippen LogP contribution in [0.25, 0.3) is 0 Å². The second-order valence-electron chi connectivity index (χ2n) is 14.5. The summed E-state index contributed by atoms with van der Waals surface area (Å²) < 4.78 is 0. The highest BCUT2D eigenvalue weighted by Crippen LogP contribution is 2.57. The SMILES string of the molecule is CC(C)c1ccc2c(c1)CC[C@H]1[C@](C)(CNc3ccc(N4C(=O)[C@H]5CC[C@@H](C)C[C@@H]5C4=O)cc3[N+](=O)[O-])CCC[C@]21C. The van der Waals surface area contributed by atoms with Crippen LogP contribution in [-0.2, 0) is 21.4 Å². The van der Waals surface area contributed by atoms with Crippen molar-refractivity contribution in [1.82, 2.24) is 0 Å². The van der Waals surface area contributed by atoms with E-state index in [9.17, 15) is 19.7 Å². The van der Waals surface area contributed by atoms with Crippen molar-refractivity contribution in [3.05, 3.63) is 63.2 Å². The van der Waals surface area contributed by atoms with Gasteiger partial charge >= 0.3 is 0 Å². The quantitative estimate of drug-likeness (QED) is 0.217. The molecule has 2 saturated carbocycles. The lowest BCUT2D eigenvalue weighted by Crippen LogP contribution is -2.51. The van der Waals surface area contributed by atoms with Gasteiger partial charge in [-0.15, -0.1) is 0 Å². The largest absolute Gasteiger partial charge is 0.379 e. The molecule has 1 saturated heterocycles. The fraction of sp³-hybridized carbons (Fsp3) is 0.600. The minimum absolute atomic E-state index is 0.0266. The number of hydrogen-bond donors (Lipinski definition) is 1. The maximum atomic E-state index is 13.3. The summed E-state index contributed by atoms with van der Waals surface area (Å²) in [6.45, 7) is 12.0. The van der Waals surface area contributed by atoms with Gasteiger partial charge in [-0.1, -0.05) is 59.2 Å². The number of nitrogens with one attached hydrogen (secondary N) is 1. The molecule has 0 unspecified atom stereocenters. The van der Waals surface area contributed by atoms with Crippen molar-refractivity contribution in [2.75, 3.05) is 16.8 Å². The van der Waals surface area contributed by atoms with E-state index >= 15 is 0 Å². The second-order valence-corrected chi connectivity index (χ2v) is 14.5. The Balaban J connectivity index is 1.24. The summed E-state index contributed by atoms with van der Waals surface area (Å²) in [5.41, 5.74) is 5.10. The molecule has 2 aromatic rings. The molecule has 1 aliphatic heterocycles. The smallest absolute Gasteiger partial charge is 0.294 e. The minimum atomic E-state index is -0.400. The number of carbonyl (C=O) groups is 2. The Morgan fingerprint density at radius 2 is 1.79 bits per heavy atom. The molecule has 0 radical (unpaired) electrons. The van der Waals surface area contributed by atoms with E-state index in [1.807, 2.05) is 0 Å². The van der Waals surface area contributed by atoms with Gasteiger partial charge in [0, 0.05) is 12.6 Å². The van der Waals surface area contributed by atoms with Crippen LogP contribution >= 0.6 is 0 Å². The van der Waals surface area contributed by atoms with Crippen molar-refractivity contribution in [3.63, 3.8) is 0 Å². The van der Waals surface area contributed by atoms with E-state index in [2.05, 4.69) is 58.1 Å². The van der Waals surface area contributed by atoms with E-state index in [1.54, 1.807) is 12.1 Å². The lowest BCUT2D eigenvalue weighted by molar-refractivity contribution is -0.383. The molecular formula is C35H45N3O4. The van der Waals surface area contributed by atoms with Crippen LogP contribution in [0.3, 0.4) is 0 Å². The summed E-state index contributed by atoms with van der Waals surface area (Å²) in [5, 5.41) is 15.7. The van der Waals surface area contributed by atoms with E-state index < -0.39 is 4.92 Å². The molecule has 3 aliphatic carbocycles. The zero-order valence-electron chi connectivity index (χ0n) is 25.7. The first kappa shape index (κ1) is 28.9. The van der Waals surface area contributed by atoms with Gasteiger partial charge < -0.3 is 5.32 Å². The van der Waals surface area contributed by atoms with Crippen molar-refractivity contribution >= 4 is 28.9 Å². The number of nitro benzene ring substituents is 1. The minimum Gasteiger partial charge on any atom is -0.379 e. The fourth-order valence-corrected chi connectivity index (χ4v) is 9.12. The summed E-state index contributed by atoms with van der Waals surface area (Å²) >= 11 is 0. The van der Waals surface area contributed by atoms with Crippen molar-refractivity contribution in [2.45, 2.75) is 97.3 Å². The van der Waals surface area contributed by atoms with E-state index in [-0.39, 0.29) is 40.2 Å². The number of carbonyl (C=O) groups excluding carboxylic acids is 2. The van der Waals surface area contributed by atoms with Crippen molar-refractivity contribution < 1.29 is 14.5 Å². The highest BCUT2D eigenvalue weighted by atomic mass is 16.6. The first-order valence-corrected chi connectivity index (χ1v) is 16.0. The molecule has 42 heavy (non-hydrogen) atoms. The average molecular weight is 572 g/mol. The third-order valence-corrected chi connectivity index (χ3v) is 11.5. The van der Waals surface area contributed by atoms with E-state index in [0.717, 1.165) is 38.5 Å². The predicted octanol–water partition coefficient (Wildman–Crippen LogP) is 7.77. The standard InChI is InChI=1S/C35H45N3O4/c1-21(2)23-8-12-28-24(18-23)9-14-31-34(4,15-6-16-35(28,31)5)20-36-29-13-10-25(19-30(29)38(41)42)37-32(39)26-11-7-22(3)17-27(26)33(37)40/h8,10,12-13,18-19,21-22,26-27,31,36H,6-7,9,11,14-17,20H2,1-5H3/t22-,26+,27+,31+,34+,35-/m1/s1. The third kappa shape index (κ3) is 4.64. The normalized spacial score (nSPS) is 32.4. The highest BCUT2D eigenvalue weighted by molar-refractivity contribution is 6.22. The van der Waals surface area contributed by atoms with Crippen molar-refractivity contribution in [1.29, 1.82) is 0 Å². The van der Waals surface area contributed by atoms with E-state index in [1.165, 1.54) is 27.7 Å². The number of nitro groups is 1. The number of fused-ring (bicyclic) bond motifs is 4. The zero-order chi connectivity index (χ0) is 30.0. The molecule has 2 aromatic carbocycles. The molecule has 4 aliphatic rings. The van der Waals surface area contributed by atoms with Crippen LogP contribution in [-0.4, -0.2) is 23.3 Å². The van der Waals surface area contributed by atoms with E-state index in [4.69, 9.17) is 0 Å². The Morgan fingerprint density at radius 1 is 1.02 bits per heavy atom. The lowest BCUT2D eigenvalue weighted by atomic mass is 9.49. The Kier molecular flexibility index (Phi) is 7.22. The lowest BCUT2D eigenvalue weighted by Gasteiger charge is -2.55. The van der Waals surface area contributed by atoms with Gasteiger partial charge in [0.15, 0.2) is 0 Å². The summed E-state index contributed by atoms with van der Waals surface area (Å²) in [6.07, 6.45) is 7.88. The van der Waals surface area contributed by atoms with Crippen LogP contribution in [0, 0.1) is 39.2 Å². The molecule has 0 spiro atoms. The molecular weight excluding hydrogens is 526 g/mol. The third-order valence-electron chi connectivity index (χ3n) is 11.5. The van der Waals surface area contributed by atoms with Crippen LogP contribution < -0.4 is 10.2 Å². The second kappa shape index (κ2) is 10.5. The molecule has 7 heteroatoms. The molecule has 2 amide bonds. The zero-order valence-corrected chi connectivity index (χ0v) is 25.7. The van der Waals surface area contributed by atoms with Crippen molar-refractivity contribution in [3.8, 4) is 0 Å². The van der Waals surface area contributed by atoms with Crippen LogP contribution in [0.15, 0.2) is 36.4 Å². The van der Waals surface area contributed by atoms with Crippen LogP contribution in [0.4, 0.5) is 17.1 Å². The van der Waals surface area contributed by atoms with Gasteiger partial charge in [-0.25, -0.2) is 4.90 Å². The van der Waals surface area contributed by atoms with E-state index in [0.29, 0.717) is 48.5 Å². The molecule has 1 heterocycles. The number of imide groups is 1. The Morgan fingerprint density at radius 3 is 2.52 bits per heavy atom. The number of aryl methyl sites for hydroxylation is 1. The summed E-state index contributed by atoms with van der Waals surface area (Å²) in [5.74, 6) is 0.352. The van der Waals surface area contributed by atoms with Crippen LogP contribution in [0.5, 0.6) is 0 Å². The molecule has 6 rings (SSSR count). The molecule has 1 N–H and O–H groups in total. The maximum absolute atomic E-state index is 13.3. The summed E-state index contributed by atoms with van der Waals surface area (Å²) in [4.78, 5) is 39.5. The first-order chi connectivity index (χ1) is 19.9. The molecule has 0 bridgehead atoms. The number of amides is 2. The highest BCUT2D eigenvalue weighted by Gasteiger charge is 2.52. The maximum Gasteiger partial charge on any atom is 0.294 e. The summed E-state index contributed by atoms with van der Waals surface area (Å²) in [7, 11) is 0. The van der Waals surface area contributed by atoms with Crippen LogP contribution in [0.2, 0.25) is 0 Å². The van der Waals surface area contributed by atoms with Gasteiger partial charge in [0.2, 0.25) is 11.8 Å². The molecule has 6 atom stereocenters. The molecule has 7 nitrogen and oxygen atoms in total. The molecule has 0 aromatic heterocycles. The van der Waals surface area contributed by atoms with Gasteiger partial charge in [-0.05, 0) is 102 Å². The fourth-order valence-electron chi connectivity index (χ4n) is 9.12. The molecule has 224 valence electrons. The monoisotopic (exact) mass is 571 g/mol. The van der Waals surface area contributed by atoms with Gasteiger partial charge in [0.05, 0.1) is 22.4 Å². The molecule has 3 fully saturated rings. The Hall–Kier alpha value is -3.22. The Labute approximate surface area is 249 Å². The number of anilines is 2. The summed E-state index contributed by atoms with van der Waals surface area (Å²) in [6, 6.07) is 11.9. The number of hydrogen-bond acceptors (Lipinski definition) is 5. The average Bonchev–Trinajstić information content (AvgIpc) is 3.20. The number of benzene rings is 2. The Bertz CT molecular complexity index is 1440. The number of nitrogens with zero attached hydrogens (tertiary/aromatic N) is 2. The first-order valence-electron chi connectivity index (χ1n) is 16.0. The van der Waals surface area contributed by atoms with Crippen LogP contribution in [0.1, 0.15) is 102 Å². The van der Waals surface area contributed by atoms with Gasteiger partial charge in [-0.3, -0.25) is 19.7 Å². The van der Waals surface area contributed by atoms with Gasteiger partial charge in [-0.2, -0.15) is 0 Å². The number of rotatable bonds is 6. The topological polar surface area (TPSA) is 92.6 Å². The van der Waals surface area contributed by atoms with Crippen molar-refractivity contribution in [2.24, 2.45) is 29.1 Å². The van der Waals surface area contributed by atoms with Gasteiger partial charge in [0.25, 0.3) is 5.69 Å². The predicted molar refractivity (Wildman–Crippen MR) is 166 cm³/mol.